The maximum Gasteiger partial charge on any atom is 0.168 e. The minimum absolute atomic E-state index is 0.534. The molecule has 2 rings (SSSR count). The van der Waals surface area contributed by atoms with Crippen molar-refractivity contribution in [2.45, 2.75) is 13.8 Å². The third-order valence-corrected chi connectivity index (χ3v) is 2.39. The Labute approximate surface area is 82.6 Å². The Balaban J connectivity index is 2.86. The number of rotatable bonds is 1. The summed E-state index contributed by atoms with van der Waals surface area (Å²) in [6, 6.07) is 8.01. The summed E-state index contributed by atoms with van der Waals surface area (Å²) in [5.41, 5.74) is 3.48. The molecule has 14 heavy (non-hydrogen) atoms. The van der Waals surface area contributed by atoms with Crippen molar-refractivity contribution in [3.63, 3.8) is 0 Å². The van der Waals surface area contributed by atoms with Crippen molar-refractivity contribution in [1.29, 1.82) is 0 Å². The molecule has 0 saturated heterocycles. The van der Waals surface area contributed by atoms with Gasteiger partial charge in [0.1, 0.15) is 5.69 Å². The molecule has 2 heteroatoms. The largest absolute Gasteiger partial charge is 0.296 e. The standard InChI is InChI=1S/C12H11NO/c1-8-4-3-5-10-6-9(2)11(7-14)13-12(8)10/h3-7H,1-2H3. The lowest BCUT2D eigenvalue weighted by Gasteiger charge is -2.04. The van der Waals surface area contributed by atoms with Crippen LogP contribution in [0.5, 0.6) is 0 Å². The molecule has 0 aliphatic rings. The van der Waals surface area contributed by atoms with E-state index in [0.717, 1.165) is 28.3 Å². The molecule has 1 heterocycles. The zero-order valence-electron chi connectivity index (χ0n) is 8.24. The van der Waals surface area contributed by atoms with E-state index in [-0.39, 0.29) is 0 Å². The molecule has 0 fully saturated rings. The van der Waals surface area contributed by atoms with Gasteiger partial charge in [0, 0.05) is 5.39 Å². The van der Waals surface area contributed by atoms with Gasteiger partial charge in [-0.1, -0.05) is 18.2 Å². The van der Waals surface area contributed by atoms with Crippen molar-refractivity contribution >= 4 is 17.2 Å². The van der Waals surface area contributed by atoms with Gasteiger partial charge in [-0.25, -0.2) is 4.98 Å². The zero-order valence-corrected chi connectivity index (χ0v) is 8.24. The molecular weight excluding hydrogens is 174 g/mol. The van der Waals surface area contributed by atoms with Crippen LogP contribution in [0.2, 0.25) is 0 Å². The lowest BCUT2D eigenvalue weighted by molar-refractivity contribution is 0.111. The number of pyridine rings is 1. The number of carbonyl (C=O) groups is 1. The van der Waals surface area contributed by atoms with Gasteiger partial charge in [0.2, 0.25) is 0 Å². The lowest BCUT2D eigenvalue weighted by Crippen LogP contribution is -1.93. The van der Waals surface area contributed by atoms with E-state index >= 15 is 0 Å². The van der Waals surface area contributed by atoms with Gasteiger partial charge < -0.3 is 0 Å². The summed E-state index contributed by atoms with van der Waals surface area (Å²) >= 11 is 0. The van der Waals surface area contributed by atoms with Crippen molar-refractivity contribution in [3.8, 4) is 0 Å². The summed E-state index contributed by atoms with van der Waals surface area (Å²) in [7, 11) is 0. The summed E-state index contributed by atoms with van der Waals surface area (Å²) < 4.78 is 0. The van der Waals surface area contributed by atoms with Crippen LogP contribution >= 0.6 is 0 Å². The molecule has 0 aliphatic carbocycles. The van der Waals surface area contributed by atoms with Crippen LogP contribution in [0.4, 0.5) is 0 Å². The highest BCUT2D eigenvalue weighted by Crippen LogP contribution is 2.18. The molecular formula is C12H11NO. The Bertz CT molecular complexity index is 503. The van der Waals surface area contributed by atoms with Crippen LogP contribution in [0.3, 0.4) is 0 Å². The normalized spacial score (nSPS) is 10.4. The number of hydrogen-bond donors (Lipinski definition) is 0. The number of nitrogens with zero attached hydrogens (tertiary/aromatic N) is 1. The number of hydrogen-bond acceptors (Lipinski definition) is 2. The molecule has 70 valence electrons. The van der Waals surface area contributed by atoms with Crippen LogP contribution in [0, 0.1) is 13.8 Å². The predicted octanol–water partition coefficient (Wildman–Crippen LogP) is 2.66. The first kappa shape index (κ1) is 8.88. The topological polar surface area (TPSA) is 30.0 Å². The quantitative estimate of drug-likeness (QED) is 0.639. The fourth-order valence-electron chi connectivity index (χ4n) is 1.59. The highest BCUT2D eigenvalue weighted by atomic mass is 16.1. The summed E-state index contributed by atoms with van der Waals surface area (Å²) in [5, 5.41) is 1.09. The molecule has 0 bridgehead atoms. The van der Waals surface area contributed by atoms with Crippen molar-refractivity contribution in [1.82, 2.24) is 4.98 Å². The summed E-state index contributed by atoms with van der Waals surface area (Å²) in [6.45, 7) is 3.90. The Morgan fingerprint density at radius 3 is 2.71 bits per heavy atom. The Kier molecular flexibility index (Phi) is 2.04. The van der Waals surface area contributed by atoms with Gasteiger partial charge in [0.05, 0.1) is 5.52 Å². The molecule has 0 radical (unpaired) electrons. The number of aromatic nitrogens is 1. The van der Waals surface area contributed by atoms with E-state index in [9.17, 15) is 4.79 Å². The molecule has 2 aromatic rings. The van der Waals surface area contributed by atoms with Crippen LogP contribution in [0.1, 0.15) is 21.6 Å². The van der Waals surface area contributed by atoms with E-state index in [1.165, 1.54) is 0 Å². The average Bonchev–Trinajstić information content (AvgIpc) is 2.17. The second-order valence-electron chi connectivity index (χ2n) is 3.45. The van der Waals surface area contributed by atoms with Crippen molar-refractivity contribution in [2.24, 2.45) is 0 Å². The average molecular weight is 185 g/mol. The first-order valence-electron chi connectivity index (χ1n) is 4.54. The zero-order chi connectivity index (χ0) is 10.1. The lowest BCUT2D eigenvalue weighted by atomic mass is 10.1. The second-order valence-corrected chi connectivity index (χ2v) is 3.45. The van der Waals surface area contributed by atoms with Gasteiger partial charge in [0.25, 0.3) is 0 Å². The van der Waals surface area contributed by atoms with E-state index in [2.05, 4.69) is 4.98 Å². The summed E-state index contributed by atoms with van der Waals surface area (Å²) in [4.78, 5) is 15.0. The van der Waals surface area contributed by atoms with Gasteiger partial charge in [-0.2, -0.15) is 0 Å². The smallest absolute Gasteiger partial charge is 0.168 e. The van der Waals surface area contributed by atoms with Crippen LogP contribution in [-0.4, -0.2) is 11.3 Å². The van der Waals surface area contributed by atoms with Crippen LogP contribution < -0.4 is 0 Å². The maximum absolute atomic E-state index is 10.7. The van der Waals surface area contributed by atoms with Gasteiger partial charge in [-0.05, 0) is 31.0 Å². The molecule has 1 aromatic carbocycles. The van der Waals surface area contributed by atoms with Crippen molar-refractivity contribution in [2.75, 3.05) is 0 Å². The van der Waals surface area contributed by atoms with Gasteiger partial charge in [-0.15, -0.1) is 0 Å². The number of aldehydes is 1. The first-order chi connectivity index (χ1) is 6.72. The van der Waals surface area contributed by atoms with E-state index in [4.69, 9.17) is 0 Å². The number of fused-ring (bicyclic) bond motifs is 1. The minimum Gasteiger partial charge on any atom is -0.296 e. The number of carbonyl (C=O) groups excluding carboxylic acids is 1. The van der Waals surface area contributed by atoms with Crippen LogP contribution in [0.15, 0.2) is 24.3 Å². The number of para-hydroxylation sites is 1. The minimum atomic E-state index is 0.534. The Morgan fingerprint density at radius 1 is 1.21 bits per heavy atom. The van der Waals surface area contributed by atoms with Crippen LogP contribution in [-0.2, 0) is 0 Å². The second kappa shape index (κ2) is 3.22. The van der Waals surface area contributed by atoms with Crippen molar-refractivity contribution < 1.29 is 4.79 Å². The molecule has 0 N–H and O–H groups in total. The molecule has 0 amide bonds. The van der Waals surface area contributed by atoms with E-state index in [1.807, 2.05) is 38.1 Å². The third-order valence-electron chi connectivity index (χ3n) is 2.39. The fraction of sp³-hybridized carbons (Fsp3) is 0.167. The first-order valence-corrected chi connectivity index (χ1v) is 4.54. The molecule has 0 atom stereocenters. The molecule has 0 aliphatic heterocycles. The van der Waals surface area contributed by atoms with Gasteiger partial charge in [0.15, 0.2) is 6.29 Å². The maximum atomic E-state index is 10.7. The van der Waals surface area contributed by atoms with Gasteiger partial charge >= 0.3 is 0 Å². The molecule has 2 nitrogen and oxygen atoms in total. The van der Waals surface area contributed by atoms with E-state index in [0.29, 0.717) is 5.69 Å². The highest BCUT2D eigenvalue weighted by Gasteiger charge is 2.03. The Morgan fingerprint density at radius 2 is 2.00 bits per heavy atom. The Hall–Kier alpha value is -1.70. The van der Waals surface area contributed by atoms with Crippen molar-refractivity contribution in [3.05, 3.63) is 41.1 Å². The molecule has 1 aromatic heterocycles. The van der Waals surface area contributed by atoms with E-state index < -0.39 is 0 Å². The fourth-order valence-corrected chi connectivity index (χ4v) is 1.59. The highest BCUT2D eigenvalue weighted by molar-refractivity contribution is 5.87. The van der Waals surface area contributed by atoms with E-state index in [1.54, 1.807) is 0 Å². The summed E-state index contributed by atoms with van der Waals surface area (Å²) in [6.07, 6.45) is 0.807. The number of aryl methyl sites for hydroxylation is 2. The molecule has 0 saturated carbocycles. The monoisotopic (exact) mass is 185 g/mol. The SMILES string of the molecule is Cc1cc2cccc(C)c2nc1C=O. The summed E-state index contributed by atoms with van der Waals surface area (Å²) in [5.74, 6) is 0. The predicted molar refractivity (Wildman–Crippen MR) is 56.6 cm³/mol. The third kappa shape index (κ3) is 1.29. The molecule has 0 spiro atoms. The van der Waals surface area contributed by atoms with Gasteiger partial charge in [-0.3, -0.25) is 4.79 Å². The number of benzene rings is 1. The molecule has 0 unspecified atom stereocenters. The van der Waals surface area contributed by atoms with Crippen LogP contribution in [0.25, 0.3) is 10.9 Å².